The van der Waals surface area contributed by atoms with Gasteiger partial charge in [-0.05, 0) is 24.6 Å². The molecule has 2 aromatic rings. The topological polar surface area (TPSA) is 12.5 Å². The summed E-state index contributed by atoms with van der Waals surface area (Å²) in [7, 11) is 5.81. The first-order valence-corrected chi connectivity index (χ1v) is 6.05. The molecule has 0 atom stereocenters. The van der Waals surface area contributed by atoms with Gasteiger partial charge < -0.3 is 9.64 Å². The predicted molar refractivity (Wildman–Crippen MR) is 77.5 cm³/mol. The molecule has 0 saturated heterocycles. The van der Waals surface area contributed by atoms with Crippen LogP contribution in [-0.4, -0.2) is 21.2 Å². The Morgan fingerprint density at radius 3 is 2.17 bits per heavy atom. The summed E-state index contributed by atoms with van der Waals surface area (Å²) in [5.41, 5.74) is 4.75. The van der Waals surface area contributed by atoms with Crippen LogP contribution in [0.2, 0.25) is 0 Å². The number of ether oxygens (including phenoxy) is 1. The molecule has 2 rings (SSSR count). The van der Waals surface area contributed by atoms with Crippen LogP contribution in [0, 0.1) is 6.92 Å². The number of anilines is 1. The fraction of sp³-hybridized carbons (Fsp3) is 0.250. The highest BCUT2D eigenvalue weighted by atomic mass is 16.5. The fourth-order valence-electron chi connectivity index (χ4n) is 2.07. The monoisotopic (exact) mass is 241 g/mol. The van der Waals surface area contributed by atoms with E-state index in [1.807, 2.05) is 26.2 Å². The third-order valence-electron chi connectivity index (χ3n) is 3.05. The summed E-state index contributed by atoms with van der Waals surface area (Å²) in [6, 6.07) is 14.7. The second kappa shape index (κ2) is 5.13. The molecule has 0 N–H and O–H groups in total. The van der Waals surface area contributed by atoms with E-state index in [2.05, 4.69) is 42.2 Å². The number of hydrogen-bond acceptors (Lipinski definition) is 2. The zero-order valence-corrected chi connectivity index (χ0v) is 11.4. The highest BCUT2D eigenvalue weighted by Crippen LogP contribution is 2.37. The zero-order chi connectivity index (χ0) is 13.1. The maximum atomic E-state index is 5.49. The lowest BCUT2D eigenvalue weighted by Crippen LogP contribution is -2.10. The van der Waals surface area contributed by atoms with Gasteiger partial charge in [0.25, 0.3) is 0 Å². The second-order valence-corrected chi connectivity index (χ2v) is 4.61. The Kier molecular flexibility index (Phi) is 3.56. The maximum Gasteiger partial charge on any atom is 0.128 e. The maximum absolute atomic E-state index is 5.49. The number of methoxy groups -OCH3 is 1. The molecule has 0 spiro atoms. The summed E-state index contributed by atoms with van der Waals surface area (Å²) in [5, 5.41) is 0. The summed E-state index contributed by atoms with van der Waals surface area (Å²) in [6.07, 6.45) is 0. The van der Waals surface area contributed by atoms with Crippen LogP contribution >= 0.6 is 0 Å². The van der Waals surface area contributed by atoms with Gasteiger partial charge in [-0.2, -0.15) is 0 Å². The van der Waals surface area contributed by atoms with Crippen molar-refractivity contribution >= 4 is 5.69 Å². The van der Waals surface area contributed by atoms with E-state index < -0.39 is 0 Å². The number of aryl methyl sites for hydroxylation is 1. The van der Waals surface area contributed by atoms with Crippen LogP contribution in [0.4, 0.5) is 5.69 Å². The van der Waals surface area contributed by atoms with Crippen molar-refractivity contribution in [3.8, 4) is 16.9 Å². The zero-order valence-electron chi connectivity index (χ0n) is 11.4. The minimum absolute atomic E-state index is 0.907. The van der Waals surface area contributed by atoms with Crippen molar-refractivity contribution in [1.29, 1.82) is 0 Å². The molecule has 0 unspecified atom stereocenters. The number of benzene rings is 2. The minimum Gasteiger partial charge on any atom is -0.496 e. The first-order valence-electron chi connectivity index (χ1n) is 6.05. The Balaban J connectivity index is 2.63. The molecule has 0 fully saturated rings. The molecule has 0 saturated carbocycles. The van der Waals surface area contributed by atoms with E-state index in [0.29, 0.717) is 0 Å². The van der Waals surface area contributed by atoms with Crippen molar-refractivity contribution in [2.75, 3.05) is 26.1 Å². The average Bonchev–Trinajstić information content (AvgIpc) is 2.38. The Bertz CT molecular complexity index is 529. The first kappa shape index (κ1) is 12.5. The van der Waals surface area contributed by atoms with Crippen molar-refractivity contribution in [2.45, 2.75) is 6.92 Å². The molecule has 2 nitrogen and oxygen atoms in total. The molecule has 0 radical (unpaired) electrons. The Morgan fingerprint density at radius 2 is 1.61 bits per heavy atom. The summed E-state index contributed by atoms with van der Waals surface area (Å²) in [6.45, 7) is 2.10. The van der Waals surface area contributed by atoms with Crippen molar-refractivity contribution < 1.29 is 4.74 Å². The van der Waals surface area contributed by atoms with Gasteiger partial charge in [-0.3, -0.25) is 0 Å². The van der Waals surface area contributed by atoms with Gasteiger partial charge in [-0.15, -0.1) is 0 Å². The summed E-state index contributed by atoms with van der Waals surface area (Å²) in [5.74, 6) is 0.907. The van der Waals surface area contributed by atoms with Crippen LogP contribution in [0.5, 0.6) is 5.75 Å². The van der Waals surface area contributed by atoms with Gasteiger partial charge in [0.2, 0.25) is 0 Å². The van der Waals surface area contributed by atoms with Crippen molar-refractivity contribution in [3.05, 3.63) is 48.0 Å². The number of rotatable bonds is 3. The predicted octanol–water partition coefficient (Wildman–Crippen LogP) is 3.74. The average molecular weight is 241 g/mol. The van der Waals surface area contributed by atoms with Crippen LogP contribution in [0.3, 0.4) is 0 Å². The third-order valence-corrected chi connectivity index (χ3v) is 3.05. The molecule has 18 heavy (non-hydrogen) atoms. The van der Waals surface area contributed by atoms with E-state index in [9.17, 15) is 0 Å². The Hall–Kier alpha value is -1.96. The van der Waals surface area contributed by atoms with Crippen molar-refractivity contribution in [2.24, 2.45) is 0 Å². The van der Waals surface area contributed by atoms with Crippen LogP contribution in [0.1, 0.15) is 5.56 Å². The van der Waals surface area contributed by atoms with E-state index >= 15 is 0 Å². The van der Waals surface area contributed by atoms with Crippen LogP contribution in [0.25, 0.3) is 11.1 Å². The standard InChI is InChI=1S/C16H19NO/c1-12-8-10-13(11-9-12)16-14(17(2)3)6-5-7-15(16)18-4/h5-11H,1-4H3. The Morgan fingerprint density at radius 1 is 0.944 bits per heavy atom. The molecule has 2 aromatic carbocycles. The third kappa shape index (κ3) is 2.33. The minimum atomic E-state index is 0.907. The fourth-order valence-corrected chi connectivity index (χ4v) is 2.07. The molecule has 0 aliphatic carbocycles. The SMILES string of the molecule is COc1cccc(N(C)C)c1-c1ccc(C)cc1. The lowest BCUT2D eigenvalue weighted by molar-refractivity contribution is 0.416. The molecule has 0 aliphatic heterocycles. The summed E-state index contributed by atoms with van der Waals surface area (Å²) >= 11 is 0. The van der Waals surface area contributed by atoms with E-state index in [-0.39, 0.29) is 0 Å². The largest absolute Gasteiger partial charge is 0.496 e. The van der Waals surface area contributed by atoms with Gasteiger partial charge in [0.1, 0.15) is 5.75 Å². The Labute approximate surface area is 109 Å². The van der Waals surface area contributed by atoms with Gasteiger partial charge >= 0.3 is 0 Å². The molecule has 0 bridgehead atoms. The van der Waals surface area contributed by atoms with Gasteiger partial charge in [0.15, 0.2) is 0 Å². The lowest BCUT2D eigenvalue weighted by Gasteiger charge is -2.20. The lowest BCUT2D eigenvalue weighted by atomic mass is 10.0. The van der Waals surface area contributed by atoms with Crippen LogP contribution in [-0.2, 0) is 0 Å². The molecule has 94 valence electrons. The molecule has 0 aliphatic rings. The smallest absolute Gasteiger partial charge is 0.128 e. The van der Waals surface area contributed by atoms with Gasteiger partial charge in [0, 0.05) is 25.3 Å². The van der Waals surface area contributed by atoms with Crippen molar-refractivity contribution in [1.82, 2.24) is 0 Å². The number of nitrogens with zero attached hydrogens (tertiary/aromatic N) is 1. The summed E-state index contributed by atoms with van der Waals surface area (Å²) < 4.78 is 5.49. The van der Waals surface area contributed by atoms with Gasteiger partial charge in [-0.1, -0.05) is 35.9 Å². The molecule has 0 aromatic heterocycles. The van der Waals surface area contributed by atoms with Gasteiger partial charge in [0.05, 0.1) is 7.11 Å². The normalized spacial score (nSPS) is 10.2. The highest BCUT2D eigenvalue weighted by Gasteiger charge is 2.12. The van der Waals surface area contributed by atoms with Gasteiger partial charge in [-0.25, -0.2) is 0 Å². The van der Waals surface area contributed by atoms with E-state index in [1.54, 1.807) is 7.11 Å². The molecule has 2 heteroatoms. The molecule has 0 heterocycles. The van der Waals surface area contributed by atoms with Crippen molar-refractivity contribution in [3.63, 3.8) is 0 Å². The molecular weight excluding hydrogens is 222 g/mol. The van der Waals surface area contributed by atoms with E-state index in [1.165, 1.54) is 16.8 Å². The second-order valence-electron chi connectivity index (χ2n) is 4.61. The summed E-state index contributed by atoms with van der Waals surface area (Å²) in [4.78, 5) is 2.11. The van der Waals surface area contributed by atoms with E-state index in [0.717, 1.165) is 11.3 Å². The van der Waals surface area contributed by atoms with E-state index in [4.69, 9.17) is 4.74 Å². The highest BCUT2D eigenvalue weighted by molar-refractivity contribution is 5.83. The number of hydrogen-bond donors (Lipinski definition) is 0. The molecular formula is C16H19NO. The van der Waals surface area contributed by atoms with Crippen LogP contribution in [0.15, 0.2) is 42.5 Å². The molecule has 0 amide bonds. The quantitative estimate of drug-likeness (QED) is 0.811. The van der Waals surface area contributed by atoms with Crippen LogP contribution < -0.4 is 9.64 Å². The first-order chi connectivity index (χ1) is 8.63.